The van der Waals surface area contributed by atoms with Crippen molar-refractivity contribution in [1.82, 2.24) is 14.7 Å². The molecule has 0 unspecified atom stereocenters. The molecule has 1 saturated heterocycles. The Hall–Kier alpha value is -2.14. The minimum atomic E-state index is 0.224. The molecule has 1 aromatic carbocycles. The van der Waals surface area contributed by atoms with Crippen LogP contribution < -0.4 is 0 Å². The molecular formula is C19H23N3O2. The van der Waals surface area contributed by atoms with Crippen molar-refractivity contribution < 1.29 is 9.53 Å². The number of hydrogen-bond donors (Lipinski definition) is 0. The number of aromatic nitrogens is 2. The molecule has 0 N–H and O–H groups in total. The Bertz CT molecular complexity index is 679. The first kappa shape index (κ1) is 15.4. The molecule has 0 radical (unpaired) electrons. The Balaban J connectivity index is 1.43. The quantitative estimate of drug-likeness (QED) is 0.871. The van der Waals surface area contributed by atoms with Gasteiger partial charge < -0.3 is 9.64 Å². The van der Waals surface area contributed by atoms with Crippen molar-refractivity contribution in [2.45, 2.75) is 44.2 Å². The monoisotopic (exact) mass is 325 g/mol. The molecule has 2 atom stereocenters. The van der Waals surface area contributed by atoms with Crippen LogP contribution in [-0.2, 0) is 16.0 Å². The van der Waals surface area contributed by atoms with E-state index in [1.807, 2.05) is 41.2 Å². The molecule has 1 amide bonds. The van der Waals surface area contributed by atoms with Crippen LogP contribution in [-0.4, -0.2) is 45.9 Å². The lowest BCUT2D eigenvalue weighted by Crippen LogP contribution is -2.55. The molecule has 2 aliphatic rings. The molecular weight excluding hydrogens is 302 g/mol. The van der Waals surface area contributed by atoms with Gasteiger partial charge in [0.25, 0.3) is 0 Å². The van der Waals surface area contributed by atoms with Gasteiger partial charge in [-0.05, 0) is 36.6 Å². The van der Waals surface area contributed by atoms with E-state index in [2.05, 4.69) is 10.00 Å². The van der Waals surface area contributed by atoms with Crippen LogP contribution >= 0.6 is 0 Å². The average molecular weight is 325 g/mol. The highest BCUT2D eigenvalue weighted by atomic mass is 16.5. The maximum absolute atomic E-state index is 12.8. The number of carbonyl (C=O) groups excluding carboxylic acids is 1. The summed E-state index contributed by atoms with van der Waals surface area (Å²) in [5, 5.41) is 4.22. The molecule has 0 bridgehead atoms. The highest BCUT2D eigenvalue weighted by Crippen LogP contribution is 2.28. The molecule has 2 heterocycles. The Morgan fingerprint density at radius 3 is 2.83 bits per heavy atom. The highest BCUT2D eigenvalue weighted by Gasteiger charge is 2.36. The fourth-order valence-electron chi connectivity index (χ4n) is 3.87. The number of fused-ring (bicyclic) bond motifs is 1. The van der Waals surface area contributed by atoms with Crippen LogP contribution in [0, 0.1) is 0 Å². The average Bonchev–Trinajstić information content (AvgIpc) is 3.16. The maximum atomic E-state index is 12.8. The lowest BCUT2D eigenvalue weighted by molar-refractivity contribution is -0.148. The van der Waals surface area contributed by atoms with Gasteiger partial charge in [-0.2, -0.15) is 5.10 Å². The maximum Gasteiger partial charge on any atom is 0.227 e. The van der Waals surface area contributed by atoms with Gasteiger partial charge in [-0.25, -0.2) is 4.68 Å². The van der Waals surface area contributed by atoms with Crippen molar-refractivity contribution in [3.05, 3.63) is 48.3 Å². The van der Waals surface area contributed by atoms with E-state index in [9.17, 15) is 4.79 Å². The van der Waals surface area contributed by atoms with Gasteiger partial charge in [-0.1, -0.05) is 25.0 Å². The van der Waals surface area contributed by atoms with Gasteiger partial charge in [0.1, 0.15) is 0 Å². The molecule has 0 spiro atoms. The topological polar surface area (TPSA) is 47.4 Å². The van der Waals surface area contributed by atoms with Crippen LogP contribution in [0.25, 0.3) is 5.69 Å². The van der Waals surface area contributed by atoms with E-state index in [1.54, 1.807) is 6.20 Å². The first-order valence-electron chi connectivity index (χ1n) is 8.81. The molecule has 2 fully saturated rings. The van der Waals surface area contributed by atoms with E-state index in [-0.39, 0.29) is 18.1 Å². The normalized spacial score (nSPS) is 23.8. The fourth-order valence-corrected chi connectivity index (χ4v) is 3.87. The van der Waals surface area contributed by atoms with Crippen molar-refractivity contribution in [2.24, 2.45) is 0 Å². The molecule has 2 aromatic rings. The summed E-state index contributed by atoms with van der Waals surface area (Å²) in [6.45, 7) is 1.40. The van der Waals surface area contributed by atoms with Crippen LogP contribution in [0.4, 0.5) is 0 Å². The van der Waals surface area contributed by atoms with Crippen molar-refractivity contribution >= 4 is 5.91 Å². The standard InChI is InChI=1S/C19H23N3O2/c23-19(21-12-13-24-18-5-2-1-4-17(18)21)14-15-6-8-16(9-7-15)22-11-3-10-20-22/h3,6-11,17-18H,1-2,4-5,12-14H2/t17-,18-/m1/s1. The molecule has 5 heteroatoms. The lowest BCUT2D eigenvalue weighted by Gasteiger charge is -2.43. The number of carbonyl (C=O) groups is 1. The number of nitrogens with zero attached hydrogens (tertiary/aromatic N) is 3. The second kappa shape index (κ2) is 6.77. The van der Waals surface area contributed by atoms with E-state index in [0.29, 0.717) is 13.0 Å². The summed E-state index contributed by atoms with van der Waals surface area (Å²) in [7, 11) is 0. The molecule has 1 saturated carbocycles. The number of ether oxygens (including phenoxy) is 1. The highest BCUT2D eigenvalue weighted by molar-refractivity contribution is 5.79. The van der Waals surface area contributed by atoms with Gasteiger partial charge >= 0.3 is 0 Å². The number of rotatable bonds is 3. The largest absolute Gasteiger partial charge is 0.374 e. The summed E-state index contributed by atoms with van der Waals surface area (Å²) in [5.74, 6) is 0.224. The zero-order chi connectivity index (χ0) is 16.4. The van der Waals surface area contributed by atoms with Gasteiger partial charge in [0.05, 0.1) is 30.9 Å². The minimum absolute atomic E-state index is 0.224. The second-order valence-electron chi connectivity index (χ2n) is 6.64. The second-order valence-corrected chi connectivity index (χ2v) is 6.64. The van der Waals surface area contributed by atoms with Crippen LogP contribution in [0.15, 0.2) is 42.7 Å². The Morgan fingerprint density at radius 1 is 1.21 bits per heavy atom. The molecule has 126 valence electrons. The number of benzene rings is 1. The Morgan fingerprint density at radius 2 is 2.04 bits per heavy atom. The van der Waals surface area contributed by atoms with Crippen LogP contribution in [0.1, 0.15) is 31.2 Å². The summed E-state index contributed by atoms with van der Waals surface area (Å²) < 4.78 is 7.69. The first-order valence-corrected chi connectivity index (χ1v) is 8.81. The third-order valence-corrected chi connectivity index (χ3v) is 5.11. The van der Waals surface area contributed by atoms with Gasteiger partial charge in [0, 0.05) is 18.9 Å². The fraction of sp³-hybridized carbons (Fsp3) is 0.474. The summed E-state index contributed by atoms with van der Waals surface area (Å²) in [5.41, 5.74) is 2.06. The van der Waals surface area contributed by atoms with Crippen molar-refractivity contribution in [3.63, 3.8) is 0 Å². The van der Waals surface area contributed by atoms with Crippen molar-refractivity contribution in [2.75, 3.05) is 13.2 Å². The first-order chi connectivity index (χ1) is 11.8. The molecule has 24 heavy (non-hydrogen) atoms. The molecule has 4 rings (SSSR count). The van der Waals surface area contributed by atoms with E-state index < -0.39 is 0 Å². The van der Waals surface area contributed by atoms with E-state index in [0.717, 1.165) is 30.6 Å². The number of amides is 1. The van der Waals surface area contributed by atoms with Crippen LogP contribution in [0.3, 0.4) is 0 Å². The molecule has 1 aromatic heterocycles. The Kier molecular flexibility index (Phi) is 4.34. The molecule has 1 aliphatic heterocycles. The number of hydrogen-bond acceptors (Lipinski definition) is 3. The molecule has 1 aliphatic carbocycles. The summed E-state index contributed by atoms with van der Waals surface area (Å²) in [6.07, 6.45) is 8.97. The lowest BCUT2D eigenvalue weighted by atomic mass is 9.90. The zero-order valence-corrected chi connectivity index (χ0v) is 13.8. The summed E-state index contributed by atoms with van der Waals surface area (Å²) >= 11 is 0. The van der Waals surface area contributed by atoms with E-state index >= 15 is 0 Å². The van der Waals surface area contributed by atoms with E-state index in [4.69, 9.17) is 4.74 Å². The molecule has 5 nitrogen and oxygen atoms in total. The third-order valence-electron chi connectivity index (χ3n) is 5.11. The van der Waals surface area contributed by atoms with E-state index in [1.165, 1.54) is 12.8 Å². The predicted octanol–water partition coefficient (Wildman–Crippen LogP) is 2.58. The zero-order valence-electron chi connectivity index (χ0n) is 13.8. The van der Waals surface area contributed by atoms with Gasteiger partial charge in [0.2, 0.25) is 5.91 Å². The van der Waals surface area contributed by atoms with Gasteiger partial charge in [-0.3, -0.25) is 4.79 Å². The smallest absolute Gasteiger partial charge is 0.227 e. The predicted molar refractivity (Wildman–Crippen MR) is 91.0 cm³/mol. The SMILES string of the molecule is O=C(Cc1ccc(-n2cccn2)cc1)N1CCO[C@@H]2CCCC[C@H]21. The minimum Gasteiger partial charge on any atom is -0.374 e. The van der Waals surface area contributed by atoms with Gasteiger partial charge in [0.15, 0.2) is 0 Å². The van der Waals surface area contributed by atoms with Crippen molar-refractivity contribution in [1.29, 1.82) is 0 Å². The number of morpholine rings is 1. The van der Waals surface area contributed by atoms with Gasteiger partial charge in [-0.15, -0.1) is 0 Å². The third kappa shape index (κ3) is 3.08. The summed E-state index contributed by atoms with van der Waals surface area (Å²) in [4.78, 5) is 14.9. The van der Waals surface area contributed by atoms with Crippen LogP contribution in [0.5, 0.6) is 0 Å². The van der Waals surface area contributed by atoms with Crippen LogP contribution in [0.2, 0.25) is 0 Å². The van der Waals surface area contributed by atoms with Crippen molar-refractivity contribution in [3.8, 4) is 5.69 Å². The Labute approximate surface area is 142 Å². The summed E-state index contributed by atoms with van der Waals surface area (Å²) in [6, 6.07) is 10.2.